The third-order valence-corrected chi connectivity index (χ3v) is 2.55. The van der Waals surface area contributed by atoms with E-state index < -0.39 is 23.8 Å². The van der Waals surface area contributed by atoms with Gasteiger partial charge in [-0.2, -0.15) is 0 Å². The number of halogens is 3. The summed E-state index contributed by atoms with van der Waals surface area (Å²) in [5.41, 5.74) is 5.29. The van der Waals surface area contributed by atoms with Crippen LogP contribution in [0.5, 0.6) is 0 Å². The molecule has 0 aromatic rings. The van der Waals surface area contributed by atoms with E-state index in [2.05, 4.69) is 4.74 Å². The van der Waals surface area contributed by atoms with Crippen molar-refractivity contribution in [2.24, 2.45) is 5.73 Å². The molecule has 0 saturated carbocycles. The molecular formula is C6H12F3NO2S. The number of hydrogen-bond acceptors (Lipinski definition) is 3. The highest BCUT2D eigenvalue weighted by Crippen LogP contribution is 2.15. The summed E-state index contributed by atoms with van der Waals surface area (Å²) in [6, 6.07) is -0.272. The van der Waals surface area contributed by atoms with Crippen molar-refractivity contribution in [2.75, 3.05) is 18.1 Å². The zero-order chi connectivity index (χ0) is 10.5. The first-order valence-corrected chi connectivity index (χ1v) is 5.11. The fourth-order valence-electron chi connectivity index (χ4n) is 0.627. The van der Waals surface area contributed by atoms with Crippen LogP contribution in [0.15, 0.2) is 0 Å². The maximum absolute atomic E-state index is 11.4. The van der Waals surface area contributed by atoms with E-state index in [1.165, 1.54) is 0 Å². The summed E-state index contributed by atoms with van der Waals surface area (Å²) in [7, 11) is -1.33. The van der Waals surface area contributed by atoms with Crippen LogP contribution in [-0.4, -0.2) is 34.7 Å². The van der Waals surface area contributed by atoms with E-state index in [9.17, 15) is 17.4 Å². The molecule has 0 amide bonds. The van der Waals surface area contributed by atoms with Crippen LogP contribution in [0.4, 0.5) is 13.2 Å². The smallest absolute Gasteiger partial charge is 0.327 e. The molecule has 0 spiro atoms. The molecule has 0 fully saturated rings. The minimum absolute atomic E-state index is 0.138. The lowest BCUT2D eigenvalue weighted by Crippen LogP contribution is -2.26. The number of alkyl halides is 3. The molecule has 80 valence electrons. The minimum Gasteiger partial charge on any atom is -0.327 e. The molecule has 0 saturated heterocycles. The van der Waals surface area contributed by atoms with Crippen LogP contribution in [-0.2, 0) is 15.5 Å². The standard InChI is InChI=1S/C6H12F3NO2S/c1-5(10)4-13(11)3-2-12-6(7,8)9/h5H,2-4,10H2,1H3. The molecule has 0 rings (SSSR count). The van der Waals surface area contributed by atoms with Crippen molar-refractivity contribution in [2.45, 2.75) is 19.3 Å². The third kappa shape index (κ3) is 9.78. The van der Waals surface area contributed by atoms with Crippen molar-refractivity contribution in [1.82, 2.24) is 0 Å². The highest BCUT2D eigenvalue weighted by Gasteiger charge is 2.28. The van der Waals surface area contributed by atoms with E-state index >= 15 is 0 Å². The zero-order valence-corrected chi connectivity index (χ0v) is 7.95. The Bertz CT molecular complexity index is 172. The minimum atomic E-state index is -4.64. The average Bonchev–Trinajstić information content (AvgIpc) is 1.81. The summed E-state index contributed by atoms with van der Waals surface area (Å²) < 4.78 is 48.6. The van der Waals surface area contributed by atoms with Gasteiger partial charge in [-0.1, -0.05) is 0 Å². The van der Waals surface area contributed by atoms with Crippen LogP contribution in [0.3, 0.4) is 0 Å². The Kier molecular flexibility index (Phi) is 5.50. The zero-order valence-electron chi connectivity index (χ0n) is 7.13. The van der Waals surface area contributed by atoms with Gasteiger partial charge in [-0.3, -0.25) is 8.95 Å². The van der Waals surface area contributed by atoms with Crippen molar-refractivity contribution < 1.29 is 22.1 Å². The number of rotatable bonds is 5. The number of ether oxygens (including phenoxy) is 1. The summed E-state index contributed by atoms with van der Waals surface area (Å²) in [6.45, 7) is 1.06. The summed E-state index contributed by atoms with van der Waals surface area (Å²) in [5, 5.41) is 0. The molecule has 0 radical (unpaired) electrons. The van der Waals surface area contributed by atoms with Gasteiger partial charge in [-0.05, 0) is 6.92 Å². The Hall–Kier alpha value is -0.140. The molecule has 13 heavy (non-hydrogen) atoms. The van der Waals surface area contributed by atoms with Crippen LogP contribution in [0, 0.1) is 0 Å². The fourth-order valence-corrected chi connectivity index (χ4v) is 1.65. The van der Waals surface area contributed by atoms with Crippen LogP contribution in [0.1, 0.15) is 6.92 Å². The van der Waals surface area contributed by atoms with E-state index in [-0.39, 0.29) is 17.5 Å². The van der Waals surface area contributed by atoms with E-state index in [0.29, 0.717) is 0 Å². The highest BCUT2D eigenvalue weighted by molar-refractivity contribution is 7.85. The molecule has 0 aliphatic carbocycles. The first-order chi connectivity index (χ1) is 5.81. The molecule has 0 aliphatic rings. The molecule has 2 atom stereocenters. The van der Waals surface area contributed by atoms with Gasteiger partial charge in [0.2, 0.25) is 0 Å². The van der Waals surface area contributed by atoms with Crippen LogP contribution >= 0.6 is 0 Å². The van der Waals surface area contributed by atoms with Gasteiger partial charge in [-0.15, -0.1) is 13.2 Å². The second-order valence-corrected chi connectivity index (χ2v) is 4.20. The van der Waals surface area contributed by atoms with Crippen molar-refractivity contribution in [3.8, 4) is 0 Å². The Labute approximate surface area is 76.9 Å². The van der Waals surface area contributed by atoms with E-state index in [1.807, 2.05) is 0 Å². The summed E-state index contributed by atoms with van der Waals surface area (Å²) in [5.74, 6) is 0.0578. The van der Waals surface area contributed by atoms with Crippen LogP contribution in [0.2, 0.25) is 0 Å². The predicted octanol–water partition coefficient (Wildman–Crippen LogP) is 0.619. The monoisotopic (exact) mass is 219 g/mol. The van der Waals surface area contributed by atoms with Crippen LogP contribution < -0.4 is 5.73 Å². The first kappa shape index (κ1) is 12.9. The quantitative estimate of drug-likeness (QED) is 0.737. The van der Waals surface area contributed by atoms with Gasteiger partial charge in [0.25, 0.3) is 0 Å². The molecule has 2 unspecified atom stereocenters. The maximum atomic E-state index is 11.4. The van der Waals surface area contributed by atoms with Gasteiger partial charge < -0.3 is 5.73 Å². The SMILES string of the molecule is CC(N)CS(=O)CCOC(F)(F)F. The highest BCUT2D eigenvalue weighted by atomic mass is 32.2. The average molecular weight is 219 g/mol. The van der Waals surface area contributed by atoms with Gasteiger partial charge >= 0.3 is 6.36 Å². The first-order valence-electron chi connectivity index (χ1n) is 3.62. The third-order valence-electron chi connectivity index (χ3n) is 1.03. The second-order valence-electron chi connectivity index (χ2n) is 2.58. The molecule has 2 N–H and O–H groups in total. The van der Waals surface area contributed by atoms with Crippen molar-refractivity contribution in [3.05, 3.63) is 0 Å². The van der Waals surface area contributed by atoms with Crippen molar-refractivity contribution >= 4 is 10.8 Å². The van der Waals surface area contributed by atoms with Gasteiger partial charge in [0.15, 0.2) is 0 Å². The maximum Gasteiger partial charge on any atom is 0.522 e. The molecule has 0 aromatic heterocycles. The lowest BCUT2D eigenvalue weighted by atomic mass is 10.4. The van der Waals surface area contributed by atoms with Crippen molar-refractivity contribution in [3.63, 3.8) is 0 Å². The molecule has 3 nitrogen and oxygen atoms in total. The summed E-state index contributed by atoms with van der Waals surface area (Å²) in [4.78, 5) is 0. The van der Waals surface area contributed by atoms with Gasteiger partial charge in [-0.25, -0.2) is 0 Å². The Morgan fingerprint density at radius 3 is 2.46 bits per heavy atom. The van der Waals surface area contributed by atoms with E-state index in [4.69, 9.17) is 5.73 Å². The van der Waals surface area contributed by atoms with E-state index in [0.717, 1.165) is 0 Å². The number of nitrogens with two attached hydrogens (primary N) is 1. The summed E-state index contributed by atoms with van der Waals surface area (Å²) in [6.07, 6.45) is -4.64. The molecular weight excluding hydrogens is 207 g/mol. The molecule has 0 heterocycles. The normalized spacial score (nSPS) is 17.0. The topological polar surface area (TPSA) is 52.3 Å². The molecule has 7 heteroatoms. The number of hydrogen-bond donors (Lipinski definition) is 1. The Balaban J connectivity index is 3.49. The Morgan fingerprint density at radius 2 is 2.08 bits per heavy atom. The lowest BCUT2D eigenvalue weighted by Gasteiger charge is -2.07. The van der Waals surface area contributed by atoms with E-state index in [1.54, 1.807) is 6.92 Å². The molecule has 0 bridgehead atoms. The van der Waals surface area contributed by atoms with Crippen LogP contribution in [0.25, 0.3) is 0 Å². The fraction of sp³-hybridized carbons (Fsp3) is 1.00. The summed E-state index contributed by atoms with van der Waals surface area (Å²) >= 11 is 0. The Morgan fingerprint density at radius 1 is 1.54 bits per heavy atom. The molecule has 0 aromatic carbocycles. The predicted molar refractivity (Wildman–Crippen MR) is 43.5 cm³/mol. The lowest BCUT2D eigenvalue weighted by molar-refractivity contribution is -0.322. The molecule has 0 aliphatic heterocycles. The second kappa shape index (κ2) is 5.56. The largest absolute Gasteiger partial charge is 0.522 e. The van der Waals surface area contributed by atoms with Crippen molar-refractivity contribution in [1.29, 1.82) is 0 Å². The van der Waals surface area contributed by atoms with Gasteiger partial charge in [0.1, 0.15) is 0 Å². The van der Waals surface area contributed by atoms with Gasteiger partial charge in [0.05, 0.1) is 6.61 Å². The van der Waals surface area contributed by atoms with Gasteiger partial charge in [0, 0.05) is 28.3 Å².